The van der Waals surface area contributed by atoms with E-state index in [1.165, 1.54) is 25.7 Å². The van der Waals surface area contributed by atoms with Gasteiger partial charge in [-0.1, -0.05) is 12.8 Å². The first-order valence-corrected chi connectivity index (χ1v) is 7.04. The van der Waals surface area contributed by atoms with E-state index < -0.39 is 0 Å². The Morgan fingerprint density at radius 2 is 2.00 bits per heavy atom. The van der Waals surface area contributed by atoms with Crippen molar-refractivity contribution in [3.63, 3.8) is 0 Å². The molecule has 0 aromatic rings. The topological polar surface area (TPSA) is 35.2 Å². The van der Waals surface area contributed by atoms with E-state index in [2.05, 4.69) is 6.26 Å². The largest absolute Gasteiger partial charge is 0.380 e. The molecule has 0 saturated heterocycles. The van der Waals surface area contributed by atoms with Gasteiger partial charge in [0.05, 0.1) is 6.61 Å². The van der Waals surface area contributed by atoms with E-state index in [4.69, 9.17) is 10.5 Å². The van der Waals surface area contributed by atoms with Gasteiger partial charge in [0.2, 0.25) is 0 Å². The van der Waals surface area contributed by atoms with Crippen molar-refractivity contribution in [3.05, 3.63) is 0 Å². The molecule has 0 heterocycles. The molecule has 0 aliphatic heterocycles. The molecule has 2 unspecified atom stereocenters. The van der Waals surface area contributed by atoms with E-state index in [1.54, 1.807) is 0 Å². The highest BCUT2D eigenvalue weighted by Gasteiger charge is 2.23. The quantitative estimate of drug-likeness (QED) is 0.692. The fourth-order valence-corrected chi connectivity index (χ4v) is 2.48. The van der Waals surface area contributed by atoms with E-state index in [9.17, 15) is 0 Å². The first-order chi connectivity index (χ1) is 6.88. The molecule has 1 saturated carbocycles. The summed E-state index contributed by atoms with van der Waals surface area (Å²) in [5.74, 6) is 2.56. The summed E-state index contributed by atoms with van der Waals surface area (Å²) in [4.78, 5) is 0. The number of nitrogens with two attached hydrogens (primary N) is 1. The van der Waals surface area contributed by atoms with Gasteiger partial charge in [0.15, 0.2) is 0 Å². The normalized spacial score (nSPS) is 27.9. The zero-order valence-electron chi connectivity index (χ0n) is 9.21. The van der Waals surface area contributed by atoms with Crippen LogP contribution in [0.15, 0.2) is 0 Å². The van der Waals surface area contributed by atoms with Gasteiger partial charge in [-0.05, 0) is 37.5 Å². The molecule has 1 rings (SSSR count). The van der Waals surface area contributed by atoms with E-state index in [0.717, 1.165) is 37.3 Å². The van der Waals surface area contributed by atoms with Crippen molar-refractivity contribution >= 4 is 11.8 Å². The summed E-state index contributed by atoms with van der Waals surface area (Å²) in [5.41, 5.74) is 5.76. The lowest BCUT2D eigenvalue weighted by Crippen LogP contribution is -2.30. The SMILES string of the molecule is CSCCOCC1CCCCC1CN. The molecule has 2 atom stereocenters. The van der Waals surface area contributed by atoms with E-state index >= 15 is 0 Å². The van der Waals surface area contributed by atoms with Crippen molar-refractivity contribution in [2.24, 2.45) is 17.6 Å². The Balaban J connectivity index is 2.13. The van der Waals surface area contributed by atoms with Gasteiger partial charge in [-0.25, -0.2) is 0 Å². The first kappa shape index (κ1) is 12.3. The van der Waals surface area contributed by atoms with Crippen molar-refractivity contribution in [1.29, 1.82) is 0 Å². The first-order valence-electron chi connectivity index (χ1n) is 5.65. The second kappa shape index (κ2) is 7.55. The monoisotopic (exact) mass is 217 g/mol. The highest BCUT2D eigenvalue weighted by atomic mass is 32.2. The average Bonchev–Trinajstić information content (AvgIpc) is 2.25. The summed E-state index contributed by atoms with van der Waals surface area (Å²) in [6.45, 7) is 2.67. The molecule has 84 valence electrons. The minimum Gasteiger partial charge on any atom is -0.380 e. The van der Waals surface area contributed by atoms with E-state index in [-0.39, 0.29) is 0 Å². The van der Waals surface area contributed by atoms with Crippen molar-refractivity contribution < 1.29 is 4.74 Å². The molecule has 2 N–H and O–H groups in total. The van der Waals surface area contributed by atoms with Gasteiger partial charge in [0, 0.05) is 12.4 Å². The molecule has 0 amide bonds. The van der Waals surface area contributed by atoms with Crippen LogP contribution in [0.3, 0.4) is 0 Å². The van der Waals surface area contributed by atoms with Crippen LogP contribution in [0.4, 0.5) is 0 Å². The highest BCUT2D eigenvalue weighted by molar-refractivity contribution is 7.98. The number of hydrogen-bond acceptors (Lipinski definition) is 3. The summed E-state index contributed by atoms with van der Waals surface area (Å²) < 4.78 is 5.67. The van der Waals surface area contributed by atoms with Crippen LogP contribution in [0.1, 0.15) is 25.7 Å². The molecule has 0 spiro atoms. The lowest BCUT2D eigenvalue weighted by Gasteiger charge is -2.30. The van der Waals surface area contributed by atoms with Crippen LogP contribution in [0.5, 0.6) is 0 Å². The van der Waals surface area contributed by atoms with Crippen LogP contribution < -0.4 is 5.73 Å². The van der Waals surface area contributed by atoms with Gasteiger partial charge in [-0.3, -0.25) is 0 Å². The summed E-state index contributed by atoms with van der Waals surface area (Å²) in [5, 5.41) is 0. The molecule has 0 radical (unpaired) electrons. The number of thioether (sulfide) groups is 1. The Kier molecular flexibility index (Phi) is 6.65. The van der Waals surface area contributed by atoms with Crippen molar-refractivity contribution in [3.8, 4) is 0 Å². The summed E-state index contributed by atoms with van der Waals surface area (Å²) >= 11 is 1.85. The molecule has 3 heteroatoms. The van der Waals surface area contributed by atoms with Crippen LogP contribution in [-0.2, 0) is 4.74 Å². The van der Waals surface area contributed by atoms with Gasteiger partial charge < -0.3 is 10.5 Å². The second-order valence-corrected chi connectivity index (χ2v) is 5.09. The maximum absolute atomic E-state index is 5.76. The molecule has 14 heavy (non-hydrogen) atoms. The zero-order chi connectivity index (χ0) is 10.2. The maximum atomic E-state index is 5.76. The standard InChI is InChI=1S/C11H23NOS/c1-14-7-6-13-9-11-5-3-2-4-10(11)8-12/h10-11H,2-9,12H2,1H3. The van der Waals surface area contributed by atoms with E-state index in [0.29, 0.717) is 0 Å². The summed E-state index contributed by atoms with van der Waals surface area (Å²) in [6, 6.07) is 0. The maximum Gasteiger partial charge on any atom is 0.0556 e. The van der Waals surface area contributed by atoms with Crippen LogP contribution in [0.25, 0.3) is 0 Å². The lowest BCUT2D eigenvalue weighted by atomic mass is 9.80. The Labute approximate surface area is 92.0 Å². The lowest BCUT2D eigenvalue weighted by molar-refractivity contribution is 0.0701. The van der Waals surface area contributed by atoms with Gasteiger partial charge in [0.1, 0.15) is 0 Å². The van der Waals surface area contributed by atoms with Gasteiger partial charge in [-0.15, -0.1) is 0 Å². The average molecular weight is 217 g/mol. The molecule has 1 aliphatic carbocycles. The molecule has 0 bridgehead atoms. The minimum absolute atomic E-state index is 0.720. The fraction of sp³-hybridized carbons (Fsp3) is 1.00. The van der Waals surface area contributed by atoms with Crippen molar-refractivity contribution in [2.45, 2.75) is 25.7 Å². The zero-order valence-corrected chi connectivity index (χ0v) is 10.0. The van der Waals surface area contributed by atoms with Crippen LogP contribution >= 0.6 is 11.8 Å². The molecule has 1 fully saturated rings. The van der Waals surface area contributed by atoms with Crippen LogP contribution in [0, 0.1) is 11.8 Å². The Hall–Kier alpha value is 0.270. The fourth-order valence-electron chi connectivity index (χ4n) is 2.19. The predicted molar refractivity (Wildman–Crippen MR) is 63.7 cm³/mol. The third-order valence-corrected chi connectivity index (χ3v) is 3.71. The summed E-state index contributed by atoms with van der Waals surface area (Å²) in [7, 11) is 0. The van der Waals surface area contributed by atoms with Gasteiger partial charge in [-0.2, -0.15) is 11.8 Å². The second-order valence-electron chi connectivity index (χ2n) is 4.11. The number of hydrogen-bond donors (Lipinski definition) is 1. The van der Waals surface area contributed by atoms with Gasteiger partial charge >= 0.3 is 0 Å². The van der Waals surface area contributed by atoms with Crippen LogP contribution in [-0.4, -0.2) is 31.8 Å². The molecular formula is C11H23NOS. The van der Waals surface area contributed by atoms with Gasteiger partial charge in [0.25, 0.3) is 0 Å². The molecule has 0 aromatic heterocycles. The van der Waals surface area contributed by atoms with Crippen LogP contribution in [0.2, 0.25) is 0 Å². The predicted octanol–water partition coefficient (Wildman–Crippen LogP) is 2.13. The Bertz CT molecular complexity index is 143. The summed E-state index contributed by atoms with van der Waals surface area (Å²) in [6.07, 6.45) is 7.48. The molecular weight excluding hydrogens is 194 g/mol. The highest BCUT2D eigenvalue weighted by Crippen LogP contribution is 2.29. The molecule has 2 nitrogen and oxygen atoms in total. The third kappa shape index (κ3) is 4.20. The smallest absolute Gasteiger partial charge is 0.0556 e. The number of ether oxygens (including phenoxy) is 1. The minimum atomic E-state index is 0.720. The van der Waals surface area contributed by atoms with Crippen molar-refractivity contribution in [1.82, 2.24) is 0 Å². The van der Waals surface area contributed by atoms with E-state index in [1.807, 2.05) is 11.8 Å². The Morgan fingerprint density at radius 3 is 2.64 bits per heavy atom. The number of rotatable bonds is 6. The molecule has 1 aliphatic rings. The third-order valence-electron chi connectivity index (χ3n) is 3.13. The Morgan fingerprint density at radius 1 is 1.29 bits per heavy atom. The molecule has 0 aromatic carbocycles. The van der Waals surface area contributed by atoms with Crippen molar-refractivity contribution in [2.75, 3.05) is 31.8 Å².